The molecule has 0 aromatic heterocycles. The Hall–Kier alpha value is -0.380. The molecule has 2 nitrogen and oxygen atoms in total. The van der Waals surface area contributed by atoms with Crippen molar-refractivity contribution in [3.05, 3.63) is 34.3 Å². The molecular formula is C15H22BrNO. The molecule has 1 aliphatic carbocycles. The molecule has 0 spiro atoms. The molecule has 0 aliphatic heterocycles. The summed E-state index contributed by atoms with van der Waals surface area (Å²) in [4.78, 5) is 0. The Morgan fingerprint density at radius 1 is 1.39 bits per heavy atom. The van der Waals surface area contributed by atoms with Crippen LogP contribution in [-0.4, -0.2) is 23.3 Å². The average molecular weight is 312 g/mol. The minimum Gasteiger partial charge on any atom is -0.393 e. The lowest BCUT2D eigenvalue weighted by atomic mass is 9.75. The van der Waals surface area contributed by atoms with Crippen LogP contribution in [0.4, 0.5) is 0 Å². The smallest absolute Gasteiger partial charge is 0.0526 e. The second kappa shape index (κ2) is 6.18. The molecule has 0 amide bonds. The molecule has 1 saturated carbocycles. The van der Waals surface area contributed by atoms with Crippen LogP contribution >= 0.6 is 15.9 Å². The molecule has 3 heteroatoms. The van der Waals surface area contributed by atoms with Crippen molar-refractivity contribution in [2.75, 3.05) is 0 Å². The van der Waals surface area contributed by atoms with Crippen LogP contribution in [0.1, 0.15) is 44.6 Å². The SMILES string of the molecule is CC(O)CC(C)NC1CC(c2cccc(Br)c2)C1. The monoisotopic (exact) mass is 311 g/mol. The van der Waals surface area contributed by atoms with Gasteiger partial charge in [-0.05, 0) is 56.7 Å². The van der Waals surface area contributed by atoms with Gasteiger partial charge in [0.15, 0.2) is 0 Å². The van der Waals surface area contributed by atoms with Gasteiger partial charge in [-0.15, -0.1) is 0 Å². The highest BCUT2D eigenvalue weighted by Gasteiger charge is 2.30. The summed E-state index contributed by atoms with van der Waals surface area (Å²) in [5.41, 5.74) is 1.44. The van der Waals surface area contributed by atoms with Crippen LogP contribution in [0.3, 0.4) is 0 Å². The van der Waals surface area contributed by atoms with Crippen molar-refractivity contribution in [1.82, 2.24) is 5.32 Å². The zero-order valence-corrected chi connectivity index (χ0v) is 12.7. The van der Waals surface area contributed by atoms with Crippen LogP contribution in [0.2, 0.25) is 0 Å². The largest absolute Gasteiger partial charge is 0.393 e. The van der Waals surface area contributed by atoms with E-state index in [1.165, 1.54) is 22.9 Å². The molecule has 1 aromatic carbocycles. The van der Waals surface area contributed by atoms with Gasteiger partial charge in [0.2, 0.25) is 0 Å². The molecule has 1 aromatic rings. The molecule has 2 atom stereocenters. The summed E-state index contributed by atoms with van der Waals surface area (Å²) < 4.78 is 1.17. The summed E-state index contributed by atoms with van der Waals surface area (Å²) in [5, 5.41) is 12.9. The van der Waals surface area contributed by atoms with Crippen LogP contribution in [0.25, 0.3) is 0 Å². The van der Waals surface area contributed by atoms with E-state index in [9.17, 15) is 5.11 Å². The Labute approximate surface area is 118 Å². The summed E-state index contributed by atoms with van der Waals surface area (Å²) in [6.07, 6.45) is 3.03. The van der Waals surface area contributed by atoms with E-state index in [1.807, 2.05) is 6.92 Å². The van der Waals surface area contributed by atoms with Gasteiger partial charge in [0, 0.05) is 16.6 Å². The summed E-state index contributed by atoms with van der Waals surface area (Å²) in [6, 6.07) is 9.63. The lowest BCUT2D eigenvalue weighted by molar-refractivity contribution is 0.159. The number of aliphatic hydroxyl groups is 1. The highest BCUT2D eigenvalue weighted by atomic mass is 79.9. The lowest BCUT2D eigenvalue weighted by Gasteiger charge is -2.38. The molecule has 18 heavy (non-hydrogen) atoms. The van der Waals surface area contributed by atoms with Gasteiger partial charge in [0.25, 0.3) is 0 Å². The van der Waals surface area contributed by atoms with Gasteiger partial charge >= 0.3 is 0 Å². The summed E-state index contributed by atoms with van der Waals surface area (Å²) in [7, 11) is 0. The average Bonchev–Trinajstić information content (AvgIpc) is 2.21. The maximum atomic E-state index is 9.34. The van der Waals surface area contributed by atoms with E-state index in [4.69, 9.17) is 0 Å². The molecular weight excluding hydrogens is 290 g/mol. The second-order valence-corrected chi connectivity index (χ2v) is 6.49. The molecule has 1 fully saturated rings. The van der Waals surface area contributed by atoms with Crippen molar-refractivity contribution in [1.29, 1.82) is 0 Å². The quantitative estimate of drug-likeness (QED) is 0.873. The highest BCUT2D eigenvalue weighted by Crippen LogP contribution is 2.37. The van der Waals surface area contributed by atoms with Gasteiger partial charge in [-0.1, -0.05) is 28.1 Å². The van der Waals surface area contributed by atoms with Crippen LogP contribution in [-0.2, 0) is 0 Å². The zero-order valence-electron chi connectivity index (χ0n) is 11.1. The normalized spacial score (nSPS) is 26.4. The van der Waals surface area contributed by atoms with E-state index < -0.39 is 0 Å². The van der Waals surface area contributed by atoms with E-state index in [-0.39, 0.29) is 6.10 Å². The second-order valence-electron chi connectivity index (χ2n) is 5.57. The van der Waals surface area contributed by atoms with Crippen molar-refractivity contribution in [3.8, 4) is 0 Å². The van der Waals surface area contributed by atoms with Gasteiger partial charge in [-0.2, -0.15) is 0 Å². The van der Waals surface area contributed by atoms with E-state index in [1.54, 1.807) is 0 Å². The maximum absolute atomic E-state index is 9.34. The molecule has 0 saturated heterocycles. The fourth-order valence-corrected chi connectivity index (χ4v) is 3.19. The molecule has 2 N–H and O–H groups in total. The van der Waals surface area contributed by atoms with Crippen molar-refractivity contribution in [2.24, 2.45) is 0 Å². The minimum atomic E-state index is -0.214. The Morgan fingerprint density at radius 3 is 2.72 bits per heavy atom. The van der Waals surface area contributed by atoms with E-state index >= 15 is 0 Å². The third-order valence-corrected chi connectivity index (χ3v) is 4.17. The van der Waals surface area contributed by atoms with Gasteiger partial charge in [-0.3, -0.25) is 0 Å². The third kappa shape index (κ3) is 3.81. The number of aliphatic hydroxyl groups excluding tert-OH is 1. The first-order chi connectivity index (χ1) is 8.54. The van der Waals surface area contributed by atoms with Crippen molar-refractivity contribution in [2.45, 2.75) is 57.2 Å². The predicted octanol–water partition coefficient (Wildman–Crippen LogP) is 3.44. The zero-order chi connectivity index (χ0) is 13.1. The summed E-state index contributed by atoms with van der Waals surface area (Å²) in [6.45, 7) is 4.00. The highest BCUT2D eigenvalue weighted by molar-refractivity contribution is 9.10. The Bertz CT molecular complexity index is 388. The standard InChI is InChI=1S/C15H22BrNO/c1-10(6-11(2)18)17-15-8-13(9-15)12-4-3-5-14(16)7-12/h3-5,7,10-11,13,15,17-18H,6,8-9H2,1-2H3. The molecule has 2 unspecified atom stereocenters. The maximum Gasteiger partial charge on any atom is 0.0526 e. The van der Waals surface area contributed by atoms with Crippen LogP contribution in [0.15, 0.2) is 28.7 Å². The van der Waals surface area contributed by atoms with Crippen LogP contribution < -0.4 is 5.32 Å². The fourth-order valence-electron chi connectivity index (χ4n) is 2.77. The number of hydrogen-bond donors (Lipinski definition) is 2. The number of halogens is 1. The summed E-state index contributed by atoms with van der Waals surface area (Å²) in [5.74, 6) is 0.693. The Kier molecular flexibility index (Phi) is 4.82. The Morgan fingerprint density at radius 2 is 2.11 bits per heavy atom. The molecule has 100 valence electrons. The predicted molar refractivity (Wildman–Crippen MR) is 78.8 cm³/mol. The fraction of sp³-hybridized carbons (Fsp3) is 0.600. The first kappa shape index (κ1) is 14.0. The lowest BCUT2D eigenvalue weighted by Crippen LogP contribution is -2.45. The van der Waals surface area contributed by atoms with E-state index in [0.717, 1.165) is 6.42 Å². The molecule has 2 rings (SSSR count). The number of hydrogen-bond acceptors (Lipinski definition) is 2. The Balaban J connectivity index is 1.77. The first-order valence-corrected chi connectivity index (χ1v) is 7.53. The first-order valence-electron chi connectivity index (χ1n) is 6.74. The van der Waals surface area contributed by atoms with E-state index in [2.05, 4.69) is 52.4 Å². The van der Waals surface area contributed by atoms with Crippen molar-refractivity contribution in [3.63, 3.8) is 0 Å². The summed E-state index contributed by atoms with van der Waals surface area (Å²) >= 11 is 3.52. The van der Waals surface area contributed by atoms with Gasteiger partial charge in [0.05, 0.1) is 6.10 Å². The number of nitrogens with one attached hydrogen (secondary N) is 1. The molecule has 1 aliphatic rings. The molecule has 0 radical (unpaired) electrons. The number of rotatable bonds is 5. The van der Waals surface area contributed by atoms with Gasteiger partial charge in [0.1, 0.15) is 0 Å². The topological polar surface area (TPSA) is 32.3 Å². The van der Waals surface area contributed by atoms with Crippen molar-refractivity contribution >= 4 is 15.9 Å². The third-order valence-electron chi connectivity index (χ3n) is 3.67. The van der Waals surface area contributed by atoms with Crippen LogP contribution in [0, 0.1) is 0 Å². The molecule has 0 heterocycles. The van der Waals surface area contributed by atoms with Gasteiger partial charge in [-0.25, -0.2) is 0 Å². The van der Waals surface area contributed by atoms with Gasteiger partial charge < -0.3 is 10.4 Å². The van der Waals surface area contributed by atoms with E-state index in [0.29, 0.717) is 18.0 Å². The minimum absolute atomic E-state index is 0.214. The number of benzene rings is 1. The molecule has 0 bridgehead atoms. The van der Waals surface area contributed by atoms with Crippen molar-refractivity contribution < 1.29 is 5.11 Å². The van der Waals surface area contributed by atoms with Crippen LogP contribution in [0.5, 0.6) is 0 Å².